The van der Waals surface area contributed by atoms with Crippen molar-refractivity contribution in [2.24, 2.45) is 0 Å². The molecule has 0 saturated carbocycles. The Kier molecular flexibility index (Phi) is 2.67. The van der Waals surface area contributed by atoms with Gasteiger partial charge in [0.25, 0.3) is 0 Å². The lowest BCUT2D eigenvalue weighted by atomic mass is 10.1. The zero-order chi connectivity index (χ0) is 10.7. The number of hydrogen-bond acceptors (Lipinski definition) is 4. The highest BCUT2D eigenvalue weighted by Gasteiger charge is 2.16. The number of rotatable bonds is 1. The topological polar surface area (TPSA) is 76.1 Å². The van der Waals surface area contributed by atoms with Gasteiger partial charge in [-0.2, -0.15) is 5.26 Å². The fourth-order valence-electron chi connectivity index (χ4n) is 1.01. The van der Waals surface area contributed by atoms with Crippen molar-refractivity contribution in [2.45, 2.75) is 0 Å². The molecule has 0 atom stereocenters. The maximum atomic E-state index is 13.2. The molecule has 14 heavy (non-hydrogen) atoms. The van der Waals surface area contributed by atoms with Crippen LogP contribution in [0.2, 0.25) is 0 Å². The summed E-state index contributed by atoms with van der Waals surface area (Å²) in [5.41, 5.74) is 5.00. The molecule has 0 aliphatic carbocycles. The van der Waals surface area contributed by atoms with Gasteiger partial charge < -0.3 is 10.5 Å². The third kappa shape index (κ3) is 1.64. The first-order valence-electron chi connectivity index (χ1n) is 3.67. The van der Waals surface area contributed by atoms with Gasteiger partial charge in [0.1, 0.15) is 11.4 Å². The van der Waals surface area contributed by atoms with Gasteiger partial charge in [0, 0.05) is 0 Å². The van der Waals surface area contributed by atoms with Crippen molar-refractivity contribution in [3.8, 4) is 6.07 Å². The van der Waals surface area contributed by atoms with E-state index in [1.165, 1.54) is 6.07 Å². The molecule has 0 radical (unpaired) electrons. The summed E-state index contributed by atoms with van der Waals surface area (Å²) in [6.45, 7) is 0. The van der Waals surface area contributed by atoms with Crippen LogP contribution in [-0.2, 0) is 4.74 Å². The molecule has 72 valence electrons. The predicted molar refractivity (Wildman–Crippen MR) is 46.9 cm³/mol. The molecule has 0 saturated heterocycles. The number of benzene rings is 1. The van der Waals surface area contributed by atoms with Crippen LogP contribution in [0.15, 0.2) is 12.1 Å². The smallest absolute Gasteiger partial charge is 0.342 e. The lowest BCUT2D eigenvalue weighted by molar-refractivity contribution is 0.0597. The Balaban J connectivity index is 3.34. The van der Waals surface area contributed by atoms with Crippen LogP contribution in [0.4, 0.5) is 10.1 Å². The Labute approximate surface area is 79.7 Å². The van der Waals surface area contributed by atoms with Crippen LogP contribution >= 0.6 is 0 Å². The number of hydrogen-bond donors (Lipinski definition) is 1. The second-order valence-electron chi connectivity index (χ2n) is 2.53. The average Bonchev–Trinajstić information content (AvgIpc) is 2.16. The summed E-state index contributed by atoms with van der Waals surface area (Å²) in [6.07, 6.45) is 0. The minimum atomic E-state index is -0.857. The number of nitrogen functional groups attached to an aromatic ring is 1. The molecule has 0 heterocycles. The number of halogens is 1. The van der Waals surface area contributed by atoms with Crippen LogP contribution in [0.5, 0.6) is 0 Å². The monoisotopic (exact) mass is 194 g/mol. The summed E-state index contributed by atoms with van der Waals surface area (Å²) in [5, 5.41) is 8.48. The van der Waals surface area contributed by atoms with Gasteiger partial charge in [0.05, 0.1) is 24.4 Å². The Morgan fingerprint density at radius 3 is 2.71 bits per heavy atom. The molecule has 0 bridgehead atoms. The first-order chi connectivity index (χ1) is 6.60. The number of nitriles is 1. The summed E-state index contributed by atoms with van der Waals surface area (Å²) >= 11 is 0. The van der Waals surface area contributed by atoms with Crippen molar-refractivity contribution in [3.63, 3.8) is 0 Å². The zero-order valence-corrected chi connectivity index (χ0v) is 7.37. The van der Waals surface area contributed by atoms with Crippen LogP contribution in [0.3, 0.4) is 0 Å². The maximum absolute atomic E-state index is 13.2. The van der Waals surface area contributed by atoms with E-state index in [9.17, 15) is 9.18 Å². The fourth-order valence-corrected chi connectivity index (χ4v) is 1.01. The van der Waals surface area contributed by atoms with Crippen molar-refractivity contribution < 1.29 is 13.9 Å². The highest BCUT2D eigenvalue weighted by molar-refractivity contribution is 5.95. The third-order valence-corrected chi connectivity index (χ3v) is 1.64. The van der Waals surface area contributed by atoms with E-state index in [0.29, 0.717) is 0 Å². The molecule has 1 rings (SSSR count). The molecular weight excluding hydrogens is 187 g/mol. The van der Waals surface area contributed by atoms with Crippen LogP contribution in [0.1, 0.15) is 15.9 Å². The number of nitrogens with two attached hydrogens (primary N) is 1. The Bertz CT molecular complexity index is 400. The summed E-state index contributed by atoms with van der Waals surface area (Å²) in [4.78, 5) is 11.0. The molecule has 0 spiro atoms. The first-order valence-corrected chi connectivity index (χ1v) is 3.67. The summed E-state index contributed by atoms with van der Waals surface area (Å²) in [6, 6.07) is 3.87. The first kappa shape index (κ1) is 9.99. The van der Waals surface area contributed by atoms with E-state index in [1.54, 1.807) is 6.07 Å². The third-order valence-electron chi connectivity index (χ3n) is 1.64. The van der Waals surface area contributed by atoms with Gasteiger partial charge in [-0.3, -0.25) is 0 Å². The Hall–Kier alpha value is -2.09. The van der Waals surface area contributed by atoms with Crippen molar-refractivity contribution in [2.75, 3.05) is 12.8 Å². The van der Waals surface area contributed by atoms with E-state index >= 15 is 0 Å². The largest absolute Gasteiger partial charge is 0.465 e. The van der Waals surface area contributed by atoms with Gasteiger partial charge in [-0.05, 0) is 12.1 Å². The van der Waals surface area contributed by atoms with Gasteiger partial charge in [0.2, 0.25) is 0 Å². The fraction of sp³-hybridized carbons (Fsp3) is 0.111. The van der Waals surface area contributed by atoms with E-state index in [4.69, 9.17) is 11.0 Å². The van der Waals surface area contributed by atoms with Crippen LogP contribution in [0, 0.1) is 17.1 Å². The molecule has 0 aliphatic heterocycles. The lowest BCUT2D eigenvalue weighted by Crippen LogP contribution is -2.09. The van der Waals surface area contributed by atoms with Gasteiger partial charge in [-0.25, -0.2) is 9.18 Å². The number of carbonyl (C=O) groups excluding carboxylic acids is 1. The van der Waals surface area contributed by atoms with Gasteiger partial charge >= 0.3 is 5.97 Å². The standard InChI is InChI=1S/C9H7FN2O2/c1-14-9(13)8-6(10)2-5(4-11)3-7(8)12/h2-3H,12H2,1H3. The van der Waals surface area contributed by atoms with Crippen molar-refractivity contribution in [1.29, 1.82) is 5.26 Å². The molecule has 2 N–H and O–H groups in total. The van der Waals surface area contributed by atoms with Crippen LogP contribution < -0.4 is 5.73 Å². The molecule has 0 amide bonds. The number of ether oxygens (including phenoxy) is 1. The lowest BCUT2D eigenvalue weighted by Gasteiger charge is -2.04. The van der Waals surface area contributed by atoms with Gasteiger partial charge in [-0.15, -0.1) is 0 Å². The molecule has 5 heteroatoms. The summed E-state index contributed by atoms with van der Waals surface area (Å²) in [7, 11) is 1.12. The van der Waals surface area contributed by atoms with Crippen LogP contribution in [0.25, 0.3) is 0 Å². The molecule has 1 aromatic rings. The molecule has 0 aromatic heterocycles. The Morgan fingerprint density at radius 2 is 2.29 bits per heavy atom. The molecular formula is C9H7FN2O2. The zero-order valence-electron chi connectivity index (χ0n) is 7.37. The summed E-state index contributed by atoms with van der Waals surface area (Å²) < 4.78 is 17.5. The van der Waals surface area contributed by atoms with Crippen molar-refractivity contribution >= 4 is 11.7 Å². The average molecular weight is 194 g/mol. The van der Waals surface area contributed by atoms with E-state index in [1.807, 2.05) is 0 Å². The second kappa shape index (κ2) is 3.75. The number of methoxy groups -OCH3 is 1. The minimum absolute atomic E-state index is 0.0626. The quantitative estimate of drug-likeness (QED) is 0.535. The molecule has 0 fully saturated rings. The van der Waals surface area contributed by atoms with E-state index in [0.717, 1.165) is 13.2 Å². The van der Waals surface area contributed by atoms with E-state index in [2.05, 4.69) is 4.74 Å². The highest BCUT2D eigenvalue weighted by Crippen LogP contribution is 2.19. The molecule has 1 aromatic carbocycles. The van der Waals surface area contributed by atoms with Gasteiger partial charge in [0.15, 0.2) is 0 Å². The van der Waals surface area contributed by atoms with E-state index < -0.39 is 11.8 Å². The van der Waals surface area contributed by atoms with Crippen molar-refractivity contribution in [1.82, 2.24) is 0 Å². The van der Waals surface area contributed by atoms with E-state index in [-0.39, 0.29) is 16.8 Å². The normalized spacial score (nSPS) is 9.21. The summed E-state index contributed by atoms with van der Waals surface area (Å²) in [5.74, 6) is -1.71. The molecule has 4 nitrogen and oxygen atoms in total. The number of anilines is 1. The van der Waals surface area contributed by atoms with Gasteiger partial charge in [-0.1, -0.05) is 0 Å². The Morgan fingerprint density at radius 1 is 1.64 bits per heavy atom. The second-order valence-corrected chi connectivity index (χ2v) is 2.53. The number of esters is 1. The number of carbonyl (C=O) groups is 1. The highest BCUT2D eigenvalue weighted by atomic mass is 19.1. The molecule has 0 aliphatic rings. The predicted octanol–water partition coefficient (Wildman–Crippen LogP) is 1.07. The van der Waals surface area contributed by atoms with Crippen molar-refractivity contribution in [3.05, 3.63) is 29.1 Å². The SMILES string of the molecule is COC(=O)c1c(N)cc(C#N)cc1F. The van der Waals surface area contributed by atoms with Crippen LogP contribution in [-0.4, -0.2) is 13.1 Å². The molecule has 0 unspecified atom stereocenters. The maximum Gasteiger partial charge on any atom is 0.342 e. The number of nitrogens with zero attached hydrogens (tertiary/aromatic N) is 1. The minimum Gasteiger partial charge on any atom is -0.465 e.